The maximum atomic E-state index is 14.6. The molecule has 2 aromatic carbocycles. The lowest BCUT2D eigenvalue weighted by molar-refractivity contribution is -0.0848. The fourth-order valence-corrected chi connectivity index (χ4v) is 3.97. The van der Waals surface area contributed by atoms with Crippen molar-refractivity contribution in [1.82, 2.24) is 0 Å². The first-order valence-corrected chi connectivity index (χ1v) is 9.55. The summed E-state index contributed by atoms with van der Waals surface area (Å²) in [4.78, 5) is 0. The van der Waals surface area contributed by atoms with Gasteiger partial charge in [-0.25, -0.2) is 17.6 Å². The van der Waals surface area contributed by atoms with Gasteiger partial charge in [0.15, 0.2) is 23.3 Å². The minimum absolute atomic E-state index is 0.339. The van der Waals surface area contributed by atoms with Crippen LogP contribution in [-0.2, 0) is 12.8 Å². The van der Waals surface area contributed by atoms with Crippen molar-refractivity contribution in [3.63, 3.8) is 0 Å². The van der Waals surface area contributed by atoms with Gasteiger partial charge in [-0.2, -0.15) is 13.2 Å². The number of hydrogen-bond donors (Lipinski definition) is 0. The summed E-state index contributed by atoms with van der Waals surface area (Å²) >= 11 is 5.27. The summed E-state index contributed by atoms with van der Waals surface area (Å²) in [5.41, 5.74) is -1.83. The SMILES string of the molecule is CC1(C)C(C=C(Cl)C(F)(F)F)C1Cc1c(F)c(F)c(Cc2ccccc2)c(F)c1F. The van der Waals surface area contributed by atoms with Crippen molar-refractivity contribution in [2.45, 2.75) is 32.9 Å². The van der Waals surface area contributed by atoms with E-state index in [1.54, 1.807) is 44.2 Å². The van der Waals surface area contributed by atoms with E-state index < -0.39 is 69.3 Å². The van der Waals surface area contributed by atoms with Crippen LogP contribution in [0, 0.1) is 40.5 Å². The summed E-state index contributed by atoms with van der Waals surface area (Å²) in [6.07, 6.45) is -4.74. The third-order valence-corrected chi connectivity index (χ3v) is 6.17. The topological polar surface area (TPSA) is 0 Å². The third kappa shape index (κ3) is 4.22. The molecule has 0 aromatic heterocycles. The van der Waals surface area contributed by atoms with E-state index in [-0.39, 0.29) is 6.42 Å². The number of halogens is 8. The molecule has 0 heterocycles. The number of benzene rings is 2. The van der Waals surface area contributed by atoms with Crippen molar-refractivity contribution in [2.24, 2.45) is 17.3 Å². The summed E-state index contributed by atoms with van der Waals surface area (Å²) < 4.78 is 96.4. The van der Waals surface area contributed by atoms with E-state index in [0.29, 0.717) is 5.56 Å². The predicted molar refractivity (Wildman–Crippen MR) is 100.0 cm³/mol. The largest absolute Gasteiger partial charge is 0.426 e. The van der Waals surface area contributed by atoms with Crippen LogP contribution in [0.1, 0.15) is 30.5 Å². The molecule has 1 aliphatic carbocycles. The Morgan fingerprint density at radius 2 is 1.43 bits per heavy atom. The lowest BCUT2D eigenvalue weighted by atomic mass is 9.97. The average Bonchev–Trinajstić information content (AvgIpc) is 3.19. The molecule has 0 N–H and O–H groups in total. The van der Waals surface area contributed by atoms with Crippen molar-refractivity contribution < 1.29 is 30.7 Å². The molecule has 2 aromatic rings. The van der Waals surface area contributed by atoms with Gasteiger partial charge >= 0.3 is 6.18 Å². The normalized spacial score (nSPS) is 21.1. The van der Waals surface area contributed by atoms with Crippen LogP contribution in [-0.4, -0.2) is 6.18 Å². The highest BCUT2D eigenvalue weighted by Gasteiger charge is 2.57. The standard InChI is InChI=1S/C22H18ClF7/c1-21(2)14(15(21)10-16(23)22(28,29)30)9-13-19(26)17(24)12(18(25)20(13)27)8-11-6-4-3-5-7-11/h3-7,10,14-15H,8-9H2,1-2H3. The average molecular weight is 451 g/mol. The molecule has 0 nitrogen and oxygen atoms in total. The van der Waals surface area contributed by atoms with Crippen molar-refractivity contribution in [2.75, 3.05) is 0 Å². The van der Waals surface area contributed by atoms with E-state index in [4.69, 9.17) is 11.6 Å². The highest BCUT2D eigenvalue weighted by atomic mass is 35.5. The van der Waals surface area contributed by atoms with Crippen LogP contribution in [0.2, 0.25) is 0 Å². The molecule has 0 radical (unpaired) electrons. The molecule has 1 saturated carbocycles. The lowest BCUT2D eigenvalue weighted by Gasteiger charge is -2.13. The van der Waals surface area contributed by atoms with E-state index in [1.165, 1.54) is 0 Å². The van der Waals surface area contributed by atoms with E-state index in [0.717, 1.165) is 6.08 Å². The minimum atomic E-state index is -4.74. The molecule has 1 aliphatic rings. The Hall–Kier alpha value is -2.02. The quantitative estimate of drug-likeness (QED) is 0.330. The Morgan fingerprint density at radius 1 is 0.933 bits per heavy atom. The summed E-state index contributed by atoms with van der Waals surface area (Å²) in [6, 6.07) is 8.07. The van der Waals surface area contributed by atoms with Crippen LogP contribution in [0.15, 0.2) is 41.4 Å². The van der Waals surface area contributed by atoms with Crippen LogP contribution in [0.5, 0.6) is 0 Å². The minimum Gasteiger partial charge on any atom is -0.203 e. The van der Waals surface area contributed by atoms with Crippen LogP contribution >= 0.6 is 11.6 Å². The Morgan fingerprint density at radius 3 is 1.93 bits per heavy atom. The van der Waals surface area contributed by atoms with Gasteiger partial charge < -0.3 is 0 Å². The first-order chi connectivity index (χ1) is 13.9. The predicted octanol–water partition coefficient (Wildman–Crippen LogP) is 7.33. The molecule has 1 fully saturated rings. The van der Waals surface area contributed by atoms with Gasteiger partial charge in [-0.1, -0.05) is 61.9 Å². The zero-order valence-corrected chi connectivity index (χ0v) is 16.8. The van der Waals surface area contributed by atoms with Crippen LogP contribution in [0.3, 0.4) is 0 Å². The highest BCUT2D eigenvalue weighted by molar-refractivity contribution is 6.30. The fraction of sp³-hybridized carbons (Fsp3) is 0.364. The molecule has 0 bridgehead atoms. The van der Waals surface area contributed by atoms with Gasteiger partial charge in [-0.05, 0) is 29.2 Å². The molecule has 0 saturated heterocycles. The maximum Gasteiger partial charge on any atom is 0.426 e. The monoisotopic (exact) mass is 450 g/mol. The van der Waals surface area contributed by atoms with E-state index in [1.807, 2.05) is 0 Å². The second-order valence-corrected chi connectivity index (χ2v) is 8.45. The highest BCUT2D eigenvalue weighted by Crippen LogP contribution is 2.61. The van der Waals surface area contributed by atoms with Crippen molar-refractivity contribution in [1.29, 1.82) is 0 Å². The second kappa shape index (κ2) is 7.91. The Bertz CT molecular complexity index is 948. The third-order valence-electron chi connectivity index (χ3n) is 5.83. The van der Waals surface area contributed by atoms with Gasteiger partial charge in [0.05, 0.1) is 0 Å². The number of alkyl halides is 3. The number of rotatable bonds is 5. The molecule has 0 aliphatic heterocycles. The summed E-state index contributed by atoms with van der Waals surface area (Å²) in [5, 5.41) is -1.33. The molecule has 2 unspecified atom stereocenters. The maximum absolute atomic E-state index is 14.6. The lowest BCUT2D eigenvalue weighted by Crippen LogP contribution is -2.11. The van der Waals surface area contributed by atoms with Gasteiger partial charge in [-0.15, -0.1) is 0 Å². The van der Waals surface area contributed by atoms with Gasteiger partial charge in [-0.3, -0.25) is 0 Å². The van der Waals surface area contributed by atoms with Gasteiger partial charge in [0.2, 0.25) is 0 Å². The molecular weight excluding hydrogens is 433 g/mol. The first-order valence-electron chi connectivity index (χ1n) is 9.17. The first kappa shape index (κ1) is 22.7. The molecule has 0 amide bonds. The Kier molecular flexibility index (Phi) is 5.98. The molecule has 30 heavy (non-hydrogen) atoms. The van der Waals surface area contributed by atoms with Crippen LogP contribution in [0.4, 0.5) is 30.7 Å². The van der Waals surface area contributed by atoms with Crippen molar-refractivity contribution in [3.8, 4) is 0 Å². The van der Waals surface area contributed by atoms with E-state index in [2.05, 4.69) is 0 Å². The van der Waals surface area contributed by atoms with E-state index in [9.17, 15) is 30.7 Å². The van der Waals surface area contributed by atoms with Crippen LogP contribution < -0.4 is 0 Å². The van der Waals surface area contributed by atoms with Crippen molar-refractivity contribution in [3.05, 3.63) is 81.4 Å². The van der Waals surface area contributed by atoms with Gasteiger partial charge in [0.25, 0.3) is 0 Å². The van der Waals surface area contributed by atoms with Gasteiger partial charge in [0, 0.05) is 17.5 Å². The molecular formula is C22H18ClF7. The summed E-state index contributed by atoms with van der Waals surface area (Å²) in [7, 11) is 0. The molecule has 2 atom stereocenters. The zero-order valence-electron chi connectivity index (χ0n) is 16.1. The summed E-state index contributed by atoms with van der Waals surface area (Å²) in [6.45, 7) is 3.21. The van der Waals surface area contributed by atoms with E-state index >= 15 is 0 Å². The van der Waals surface area contributed by atoms with Gasteiger partial charge in [0.1, 0.15) is 5.03 Å². The Balaban J connectivity index is 1.91. The molecule has 3 rings (SSSR count). The Labute approximate surface area is 174 Å². The molecule has 162 valence electrons. The smallest absolute Gasteiger partial charge is 0.203 e. The number of allylic oxidation sites excluding steroid dienone is 2. The second-order valence-electron chi connectivity index (χ2n) is 8.05. The summed E-state index contributed by atoms with van der Waals surface area (Å²) in [5.74, 6) is -7.42. The van der Waals surface area contributed by atoms with Crippen LogP contribution in [0.25, 0.3) is 0 Å². The van der Waals surface area contributed by atoms with Crippen molar-refractivity contribution >= 4 is 11.6 Å². The molecule has 8 heteroatoms. The fourth-order valence-electron chi connectivity index (χ4n) is 3.84. The number of hydrogen-bond acceptors (Lipinski definition) is 0. The molecule has 0 spiro atoms. The zero-order chi connectivity index (χ0) is 22.4.